The van der Waals surface area contributed by atoms with Gasteiger partial charge in [0.25, 0.3) is 5.91 Å². The van der Waals surface area contributed by atoms with E-state index in [-0.39, 0.29) is 18.3 Å². The van der Waals surface area contributed by atoms with E-state index in [0.29, 0.717) is 23.0 Å². The van der Waals surface area contributed by atoms with Crippen LogP contribution in [-0.2, 0) is 16.0 Å². The molecule has 7 heteroatoms. The van der Waals surface area contributed by atoms with Crippen molar-refractivity contribution in [3.8, 4) is 5.69 Å². The third kappa shape index (κ3) is 4.33. The molecule has 6 nitrogen and oxygen atoms in total. The minimum atomic E-state index is -0.329. The Labute approximate surface area is 149 Å². The standard InChI is InChI=1S/C18H17N3O3S/c1-2-24-16(22)11-14-12-25-18(19-14)20-17(23)13-6-5-7-15(10-13)21-8-3-4-9-21/h3-10,12H,2,11H2,1H3,(H,19,20,23). The van der Waals surface area contributed by atoms with Crippen LogP contribution in [0.25, 0.3) is 5.69 Å². The maximum absolute atomic E-state index is 12.4. The Hall–Kier alpha value is -2.93. The second-order valence-corrected chi connectivity index (χ2v) is 6.08. The van der Waals surface area contributed by atoms with Crippen molar-refractivity contribution in [2.24, 2.45) is 0 Å². The van der Waals surface area contributed by atoms with Crippen LogP contribution in [0.15, 0.2) is 54.2 Å². The molecule has 1 amide bonds. The highest BCUT2D eigenvalue weighted by Gasteiger charge is 2.12. The minimum Gasteiger partial charge on any atom is -0.466 e. The molecular weight excluding hydrogens is 338 g/mol. The van der Waals surface area contributed by atoms with Gasteiger partial charge in [-0.3, -0.25) is 14.9 Å². The van der Waals surface area contributed by atoms with Gasteiger partial charge in [-0.05, 0) is 37.3 Å². The summed E-state index contributed by atoms with van der Waals surface area (Å²) < 4.78 is 6.82. The van der Waals surface area contributed by atoms with Gasteiger partial charge in [0.05, 0.1) is 18.7 Å². The van der Waals surface area contributed by atoms with Gasteiger partial charge in [-0.2, -0.15) is 0 Å². The number of thiazole rings is 1. The molecule has 0 fully saturated rings. The number of carbonyl (C=O) groups excluding carboxylic acids is 2. The number of ether oxygens (including phenoxy) is 1. The Morgan fingerprint density at radius 1 is 1.24 bits per heavy atom. The van der Waals surface area contributed by atoms with Gasteiger partial charge in [0.1, 0.15) is 0 Å². The van der Waals surface area contributed by atoms with E-state index in [1.807, 2.05) is 47.3 Å². The molecule has 2 aromatic heterocycles. The van der Waals surface area contributed by atoms with Crippen LogP contribution in [0, 0.1) is 0 Å². The topological polar surface area (TPSA) is 73.2 Å². The second kappa shape index (κ2) is 7.76. The van der Waals surface area contributed by atoms with E-state index >= 15 is 0 Å². The second-order valence-electron chi connectivity index (χ2n) is 5.22. The zero-order valence-electron chi connectivity index (χ0n) is 13.6. The van der Waals surface area contributed by atoms with Gasteiger partial charge in [-0.25, -0.2) is 4.98 Å². The molecule has 1 N–H and O–H groups in total. The number of rotatable bonds is 6. The average molecular weight is 355 g/mol. The Morgan fingerprint density at radius 2 is 2.04 bits per heavy atom. The van der Waals surface area contributed by atoms with Crippen molar-refractivity contribution in [2.45, 2.75) is 13.3 Å². The summed E-state index contributed by atoms with van der Waals surface area (Å²) in [5.41, 5.74) is 2.02. The quantitative estimate of drug-likeness (QED) is 0.689. The first-order valence-electron chi connectivity index (χ1n) is 7.80. The maximum atomic E-state index is 12.4. The summed E-state index contributed by atoms with van der Waals surface area (Å²) in [5.74, 6) is -0.573. The number of anilines is 1. The molecule has 0 atom stereocenters. The minimum absolute atomic E-state index is 0.101. The number of benzene rings is 1. The number of hydrogen-bond acceptors (Lipinski definition) is 5. The first kappa shape index (κ1) is 16.9. The molecule has 0 aliphatic rings. The first-order chi connectivity index (χ1) is 12.2. The number of aromatic nitrogens is 2. The molecule has 0 aliphatic heterocycles. The SMILES string of the molecule is CCOC(=O)Cc1csc(NC(=O)c2cccc(-n3cccc3)c2)n1. The lowest BCUT2D eigenvalue weighted by molar-refractivity contribution is -0.142. The van der Waals surface area contributed by atoms with Crippen LogP contribution in [-0.4, -0.2) is 28.0 Å². The van der Waals surface area contributed by atoms with Gasteiger partial charge in [0.2, 0.25) is 0 Å². The van der Waals surface area contributed by atoms with Crippen molar-refractivity contribution < 1.29 is 14.3 Å². The lowest BCUT2D eigenvalue weighted by atomic mass is 10.2. The first-order valence-corrected chi connectivity index (χ1v) is 8.68. The molecule has 2 heterocycles. The molecule has 0 saturated heterocycles. The van der Waals surface area contributed by atoms with E-state index in [0.717, 1.165) is 5.69 Å². The molecule has 0 aliphatic carbocycles. The highest BCUT2D eigenvalue weighted by Crippen LogP contribution is 2.18. The van der Waals surface area contributed by atoms with Crippen molar-refractivity contribution in [1.29, 1.82) is 0 Å². The fourth-order valence-corrected chi connectivity index (χ4v) is 2.99. The van der Waals surface area contributed by atoms with Gasteiger partial charge in [0.15, 0.2) is 5.13 Å². The average Bonchev–Trinajstić information content (AvgIpc) is 3.27. The van der Waals surface area contributed by atoms with E-state index < -0.39 is 0 Å². The lowest BCUT2D eigenvalue weighted by Crippen LogP contribution is -2.12. The van der Waals surface area contributed by atoms with Gasteiger partial charge in [0, 0.05) is 29.0 Å². The van der Waals surface area contributed by atoms with Gasteiger partial charge in [-0.15, -0.1) is 11.3 Å². The predicted octanol–water partition coefficient (Wildman–Crippen LogP) is 3.29. The number of esters is 1. The number of amides is 1. The summed E-state index contributed by atoms with van der Waals surface area (Å²) in [6.45, 7) is 2.09. The molecular formula is C18H17N3O3S. The molecule has 0 radical (unpaired) electrons. The highest BCUT2D eigenvalue weighted by atomic mass is 32.1. The summed E-state index contributed by atoms with van der Waals surface area (Å²) in [7, 11) is 0. The van der Waals surface area contributed by atoms with Crippen LogP contribution in [0.5, 0.6) is 0 Å². The molecule has 3 aromatic rings. The molecule has 1 aromatic carbocycles. The third-order valence-corrected chi connectivity index (χ3v) is 4.22. The van der Waals surface area contributed by atoms with Crippen LogP contribution in [0.4, 0.5) is 5.13 Å². The smallest absolute Gasteiger partial charge is 0.311 e. The van der Waals surface area contributed by atoms with Crippen molar-refractivity contribution in [1.82, 2.24) is 9.55 Å². The Morgan fingerprint density at radius 3 is 2.80 bits per heavy atom. The number of carbonyl (C=O) groups is 2. The Balaban J connectivity index is 1.68. The number of nitrogens with one attached hydrogen (secondary N) is 1. The molecule has 3 rings (SSSR count). The summed E-state index contributed by atoms with van der Waals surface area (Å²) in [6, 6.07) is 11.2. The van der Waals surface area contributed by atoms with Crippen LogP contribution in [0.2, 0.25) is 0 Å². The molecule has 128 valence electrons. The van der Waals surface area contributed by atoms with E-state index in [9.17, 15) is 9.59 Å². The fourth-order valence-electron chi connectivity index (χ4n) is 2.29. The largest absolute Gasteiger partial charge is 0.466 e. The molecule has 0 unspecified atom stereocenters. The van der Waals surface area contributed by atoms with E-state index in [1.54, 1.807) is 18.4 Å². The van der Waals surface area contributed by atoms with Gasteiger partial charge >= 0.3 is 5.97 Å². The molecule has 0 saturated carbocycles. The van der Waals surface area contributed by atoms with Crippen LogP contribution in [0.3, 0.4) is 0 Å². The molecule has 25 heavy (non-hydrogen) atoms. The van der Waals surface area contributed by atoms with E-state index in [4.69, 9.17) is 4.74 Å². The normalized spacial score (nSPS) is 10.4. The van der Waals surface area contributed by atoms with Gasteiger partial charge < -0.3 is 9.30 Å². The highest BCUT2D eigenvalue weighted by molar-refractivity contribution is 7.14. The molecule has 0 bridgehead atoms. The van der Waals surface area contributed by atoms with Crippen molar-refractivity contribution in [3.63, 3.8) is 0 Å². The van der Waals surface area contributed by atoms with Crippen molar-refractivity contribution in [3.05, 3.63) is 65.4 Å². The lowest BCUT2D eigenvalue weighted by Gasteiger charge is -2.06. The summed E-state index contributed by atoms with van der Waals surface area (Å²) in [5, 5.41) is 4.96. The van der Waals surface area contributed by atoms with E-state index in [2.05, 4.69) is 10.3 Å². The van der Waals surface area contributed by atoms with Gasteiger partial charge in [-0.1, -0.05) is 6.07 Å². The summed E-state index contributed by atoms with van der Waals surface area (Å²) >= 11 is 1.28. The number of hydrogen-bond donors (Lipinski definition) is 1. The van der Waals surface area contributed by atoms with E-state index in [1.165, 1.54) is 11.3 Å². The fraction of sp³-hybridized carbons (Fsp3) is 0.167. The predicted molar refractivity (Wildman–Crippen MR) is 96.2 cm³/mol. The van der Waals surface area contributed by atoms with Crippen LogP contribution < -0.4 is 5.32 Å². The zero-order chi connectivity index (χ0) is 17.6. The third-order valence-electron chi connectivity index (χ3n) is 3.41. The van der Waals surface area contributed by atoms with Crippen LogP contribution in [0.1, 0.15) is 23.0 Å². The monoisotopic (exact) mass is 355 g/mol. The Kier molecular flexibility index (Phi) is 5.25. The van der Waals surface area contributed by atoms with Crippen molar-refractivity contribution >= 4 is 28.3 Å². The number of nitrogens with zero attached hydrogens (tertiary/aromatic N) is 2. The Bertz CT molecular complexity index is 871. The zero-order valence-corrected chi connectivity index (χ0v) is 14.5. The summed E-state index contributed by atoms with van der Waals surface area (Å²) in [4.78, 5) is 28.1. The van der Waals surface area contributed by atoms with Crippen molar-refractivity contribution in [2.75, 3.05) is 11.9 Å². The van der Waals surface area contributed by atoms with Crippen LogP contribution >= 0.6 is 11.3 Å². The molecule has 0 spiro atoms. The summed E-state index contributed by atoms with van der Waals surface area (Å²) in [6.07, 6.45) is 3.93. The maximum Gasteiger partial charge on any atom is 0.311 e.